The largest absolute Gasteiger partial charge is 0.473 e. The third-order valence-corrected chi connectivity index (χ3v) is 5.71. The highest BCUT2D eigenvalue weighted by atomic mass is 79.9. The van der Waals surface area contributed by atoms with Gasteiger partial charge in [-0.25, -0.2) is 4.68 Å². The van der Waals surface area contributed by atoms with Gasteiger partial charge in [-0.2, -0.15) is 0 Å². The van der Waals surface area contributed by atoms with Crippen LogP contribution in [-0.4, -0.2) is 38.5 Å². The molecule has 0 radical (unpaired) electrons. The number of rotatable bonds is 5. The Kier molecular flexibility index (Phi) is 4.50. The van der Waals surface area contributed by atoms with Crippen LogP contribution in [-0.2, 0) is 11.3 Å². The van der Waals surface area contributed by atoms with E-state index in [0.29, 0.717) is 35.4 Å². The lowest BCUT2D eigenvalue weighted by atomic mass is 9.77. The van der Waals surface area contributed by atoms with Crippen LogP contribution in [0.2, 0.25) is 0 Å². The van der Waals surface area contributed by atoms with Crippen LogP contribution in [0.25, 0.3) is 10.8 Å². The number of hydrogen-bond donors (Lipinski definition) is 2. The predicted molar refractivity (Wildman–Crippen MR) is 104 cm³/mol. The number of carbonyl (C=O) groups is 1. The fraction of sp³-hybridized carbons (Fsp3) is 0.526. The van der Waals surface area contributed by atoms with Gasteiger partial charge in [0.15, 0.2) is 0 Å². The van der Waals surface area contributed by atoms with E-state index in [4.69, 9.17) is 4.74 Å². The Bertz CT molecular complexity index is 963. The smallest absolute Gasteiger partial charge is 0.275 e. The molecule has 0 saturated heterocycles. The number of aromatic nitrogens is 2. The summed E-state index contributed by atoms with van der Waals surface area (Å²) in [5.74, 6) is 0.538. The lowest BCUT2D eigenvalue weighted by Crippen LogP contribution is -2.54. The van der Waals surface area contributed by atoms with E-state index in [1.54, 1.807) is 19.1 Å². The molecule has 1 amide bonds. The maximum atomic E-state index is 12.8. The summed E-state index contributed by atoms with van der Waals surface area (Å²) in [4.78, 5) is 25.1. The van der Waals surface area contributed by atoms with Crippen molar-refractivity contribution in [3.63, 3.8) is 0 Å². The first-order valence-electron chi connectivity index (χ1n) is 9.11. The van der Waals surface area contributed by atoms with Gasteiger partial charge in [-0.05, 0) is 50.3 Å². The Balaban J connectivity index is 1.60. The summed E-state index contributed by atoms with van der Waals surface area (Å²) in [5.41, 5.74) is -1.05. The summed E-state index contributed by atoms with van der Waals surface area (Å²) in [6, 6.07) is 5.24. The topological polar surface area (TPSA) is 93.5 Å². The first kappa shape index (κ1) is 18.4. The molecule has 2 fully saturated rings. The second-order valence-corrected chi connectivity index (χ2v) is 8.91. The van der Waals surface area contributed by atoms with Crippen LogP contribution < -0.4 is 15.6 Å². The van der Waals surface area contributed by atoms with Crippen molar-refractivity contribution >= 4 is 32.6 Å². The second-order valence-electron chi connectivity index (χ2n) is 8.00. The zero-order chi connectivity index (χ0) is 19.3. The summed E-state index contributed by atoms with van der Waals surface area (Å²) < 4.78 is 7.96. The molecular weight excluding hydrogens is 414 g/mol. The number of aliphatic hydroxyl groups is 1. The SMILES string of the molecule is C[C@@H]1C[C@H]1Oc1nn(CC(=O)NC2CC(C)(O)C2)c(=O)c2ccc(Br)cc12. The van der Waals surface area contributed by atoms with Crippen molar-refractivity contribution in [2.75, 3.05) is 0 Å². The minimum absolute atomic E-state index is 0.0670. The molecule has 0 spiro atoms. The minimum Gasteiger partial charge on any atom is -0.473 e. The number of benzene rings is 1. The van der Waals surface area contributed by atoms with E-state index in [2.05, 4.69) is 33.3 Å². The molecule has 1 heterocycles. The van der Waals surface area contributed by atoms with Crippen LogP contribution in [0.1, 0.15) is 33.1 Å². The van der Waals surface area contributed by atoms with Gasteiger partial charge >= 0.3 is 0 Å². The standard InChI is InChI=1S/C19H22BrN3O4/c1-10-5-15(10)27-17-14-6-11(20)3-4-13(14)18(25)23(22-17)9-16(24)21-12-7-19(2,26)8-12/h3-4,6,10,12,15,26H,5,7-9H2,1-2H3,(H,21,24)/t10-,12?,15-,19?/m1/s1. The molecule has 0 unspecified atom stereocenters. The fourth-order valence-corrected chi connectivity index (χ4v) is 3.89. The lowest BCUT2D eigenvalue weighted by Gasteiger charge is -2.41. The summed E-state index contributed by atoms with van der Waals surface area (Å²) in [6.45, 7) is 3.66. The molecule has 27 heavy (non-hydrogen) atoms. The Morgan fingerprint density at radius 3 is 2.78 bits per heavy atom. The molecule has 144 valence electrons. The second kappa shape index (κ2) is 6.60. The van der Waals surface area contributed by atoms with Crippen molar-refractivity contribution in [3.05, 3.63) is 33.0 Å². The summed E-state index contributed by atoms with van der Waals surface area (Å²) in [5, 5.41) is 18.1. The van der Waals surface area contributed by atoms with Gasteiger partial charge in [-0.3, -0.25) is 9.59 Å². The van der Waals surface area contributed by atoms with Crippen LogP contribution in [0.5, 0.6) is 5.88 Å². The predicted octanol–water partition coefficient (Wildman–Crippen LogP) is 1.98. The molecule has 0 aliphatic heterocycles. The molecular formula is C19H22BrN3O4. The van der Waals surface area contributed by atoms with Gasteiger partial charge < -0.3 is 15.2 Å². The third kappa shape index (κ3) is 3.87. The first-order chi connectivity index (χ1) is 12.7. The Morgan fingerprint density at radius 2 is 2.15 bits per heavy atom. The Hall–Kier alpha value is -1.93. The van der Waals surface area contributed by atoms with E-state index in [1.807, 2.05) is 6.07 Å². The lowest BCUT2D eigenvalue weighted by molar-refractivity contribution is -0.125. The van der Waals surface area contributed by atoms with E-state index in [0.717, 1.165) is 15.6 Å². The Labute approximate surface area is 164 Å². The van der Waals surface area contributed by atoms with E-state index in [-0.39, 0.29) is 30.2 Å². The average molecular weight is 436 g/mol. The van der Waals surface area contributed by atoms with E-state index in [9.17, 15) is 14.7 Å². The first-order valence-corrected chi connectivity index (χ1v) is 9.90. The van der Waals surface area contributed by atoms with Crippen molar-refractivity contribution in [2.24, 2.45) is 5.92 Å². The van der Waals surface area contributed by atoms with Crippen molar-refractivity contribution in [1.82, 2.24) is 15.1 Å². The summed E-state index contributed by atoms with van der Waals surface area (Å²) in [6.07, 6.45) is 2.08. The van der Waals surface area contributed by atoms with E-state index < -0.39 is 5.60 Å². The van der Waals surface area contributed by atoms with Crippen molar-refractivity contribution < 1.29 is 14.6 Å². The number of amides is 1. The van der Waals surface area contributed by atoms with Gasteiger partial charge in [-0.15, -0.1) is 5.10 Å². The molecule has 7 nitrogen and oxygen atoms in total. The molecule has 1 aromatic carbocycles. The fourth-order valence-electron chi connectivity index (χ4n) is 3.53. The van der Waals surface area contributed by atoms with Crippen LogP contribution in [0, 0.1) is 5.92 Å². The summed E-state index contributed by atoms with van der Waals surface area (Å²) in [7, 11) is 0. The highest BCUT2D eigenvalue weighted by Gasteiger charge is 2.39. The zero-order valence-electron chi connectivity index (χ0n) is 15.2. The summed E-state index contributed by atoms with van der Waals surface area (Å²) >= 11 is 3.42. The maximum Gasteiger partial charge on any atom is 0.275 e. The third-order valence-electron chi connectivity index (χ3n) is 5.22. The molecule has 8 heteroatoms. The molecule has 4 rings (SSSR count). The van der Waals surface area contributed by atoms with Crippen molar-refractivity contribution in [1.29, 1.82) is 0 Å². The molecule has 0 bridgehead atoms. The monoisotopic (exact) mass is 435 g/mol. The van der Waals surface area contributed by atoms with Gasteiger partial charge in [0.1, 0.15) is 12.6 Å². The zero-order valence-corrected chi connectivity index (χ0v) is 16.8. The minimum atomic E-state index is -0.717. The normalized spacial score (nSPS) is 29.3. The number of ether oxygens (including phenoxy) is 1. The van der Waals surface area contributed by atoms with Gasteiger partial charge in [0, 0.05) is 10.5 Å². The van der Waals surface area contributed by atoms with Gasteiger partial charge in [0.05, 0.1) is 16.4 Å². The van der Waals surface area contributed by atoms with Crippen molar-refractivity contribution in [3.8, 4) is 5.88 Å². The molecule has 2 aliphatic rings. The molecule has 2 saturated carbocycles. The van der Waals surface area contributed by atoms with E-state index >= 15 is 0 Å². The van der Waals surface area contributed by atoms with Crippen LogP contribution in [0.3, 0.4) is 0 Å². The molecule has 1 aromatic heterocycles. The highest BCUT2D eigenvalue weighted by molar-refractivity contribution is 9.10. The number of nitrogens with one attached hydrogen (secondary N) is 1. The van der Waals surface area contributed by atoms with Crippen LogP contribution in [0.15, 0.2) is 27.5 Å². The maximum absolute atomic E-state index is 12.8. The van der Waals surface area contributed by atoms with Crippen LogP contribution in [0.4, 0.5) is 0 Å². The molecule has 2 aliphatic carbocycles. The van der Waals surface area contributed by atoms with E-state index in [1.165, 1.54) is 0 Å². The van der Waals surface area contributed by atoms with Crippen LogP contribution >= 0.6 is 15.9 Å². The average Bonchev–Trinajstić information content (AvgIpc) is 3.25. The molecule has 2 N–H and O–H groups in total. The number of carbonyl (C=O) groups excluding carboxylic acids is 1. The van der Waals surface area contributed by atoms with Gasteiger partial charge in [0.25, 0.3) is 5.56 Å². The number of halogens is 1. The quantitative estimate of drug-likeness (QED) is 0.748. The highest BCUT2D eigenvalue weighted by Crippen LogP contribution is 2.35. The number of nitrogens with zero attached hydrogens (tertiary/aromatic N) is 2. The molecule has 2 aromatic rings. The Morgan fingerprint density at radius 1 is 1.44 bits per heavy atom. The van der Waals surface area contributed by atoms with Gasteiger partial charge in [-0.1, -0.05) is 22.9 Å². The number of fused-ring (bicyclic) bond motifs is 1. The number of hydrogen-bond acceptors (Lipinski definition) is 5. The molecule has 2 atom stereocenters. The van der Waals surface area contributed by atoms with Gasteiger partial charge in [0.2, 0.25) is 11.8 Å². The van der Waals surface area contributed by atoms with Crippen molar-refractivity contribution in [2.45, 2.75) is 57.4 Å².